The van der Waals surface area contributed by atoms with E-state index in [0.29, 0.717) is 17.9 Å². The van der Waals surface area contributed by atoms with E-state index in [1.165, 1.54) is 18.2 Å². The highest BCUT2D eigenvalue weighted by Gasteiger charge is 2.35. The first-order valence-corrected chi connectivity index (χ1v) is 8.72. The van der Waals surface area contributed by atoms with Crippen LogP contribution in [0.15, 0.2) is 18.2 Å². The summed E-state index contributed by atoms with van der Waals surface area (Å²) in [5.41, 5.74) is -0.706. The Morgan fingerprint density at radius 3 is 2.54 bits per heavy atom. The molecule has 7 nitrogen and oxygen atoms in total. The quantitative estimate of drug-likeness (QED) is 0.715. The van der Waals surface area contributed by atoms with Crippen molar-refractivity contribution in [3.63, 3.8) is 0 Å². The normalized spacial score (nSPS) is 15.0. The van der Waals surface area contributed by atoms with Crippen LogP contribution in [0.4, 0.5) is 0 Å². The fraction of sp³-hybridized carbons (Fsp3) is 0.412. The van der Waals surface area contributed by atoms with Crippen LogP contribution >= 0.6 is 23.2 Å². The van der Waals surface area contributed by atoms with Gasteiger partial charge in [0.25, 0.3) is 11.8 Å². The van der Waals surface area contributed by atoms with Gasteiger partial charge in [-0.3, -0.25) is 14.4 Å². The minimum atomic E-state index is -0.872. The molecule has 1 aromatic rings. The summed E-state index contributed by atoms with van der Waals surface area (Å²) < 4.78 is 4.81. The molecule has 2 rings (SSSR count). The van der Waals surface area contributed by atoms with E-state index in [9.17, 15) is 19.6 Å². The minimum Gasteiger partial charge on any atom is -0.454 e. The predicted molar refractivity (Wildman–Crippen MR) is 94.7 cm³/mol. The lowest BCUT2D eigenvalue weighted by atomic mass is 10.00. The van der Waals surface area contributed by atoms with Crippen molar-refractivity contribution in [1.29, 1.82) is 5.26 Å². The van der Waals surface area contributed by atoms with Gasteiger partial charge in [0.1, 0.15) is 12.1 Å². The Labute approximate surface area is 160 Å². The summed E-state index contributed by atoms with van der Waals surface area (Å²) in [5, 5.41) is 14.7. The summed E-state index contributed by atoms with van der Waals surface area (Å²) in [6.45, 7) is -0.936. The van der Waals surface area contributed by atoms with Crippen LogP contribution < -0.4 is 10.6 Å². The molecule has 0 bridgehead atoms. The van der Waals surface area contributed by atoms with Crippen molar-refractivity contribution in [1.82, 2.24) is 10.6 Å². The van der Waals surface area contributed by atoms with Gasteiger partial charge in [-0.2, -0.15) is 5.26 Å². The zero-order valence-electron chi connectivity index (χ0n) is 13.8. The van der Waals surface area contributed by atoms with Crippen molar-refractivity contribution in [2.45, 2.75) is 31.2 Å². The molecule has 1 aliphatic rings. The van der Waals surface area contributed by atoms with E-state index in [1.807, 2.05) is 0 Å². The highest BCUT2D eigenvalue weighted by molar-refractivity contribution is 6.36. The Morgan fingerprint density at radius 2 is 1.92 bits per heavy atom. The second kappa shape index (κ2) is 8.88. The number of halogens is 2. The lowest BCUT2D eigenvalue weighted by Gasteiger charge is -2.21. The third kappa shape index (κ3) is 5.35. The summed E-state index contributed by atoms with van der Waals surface area (Å²) in [6, 6.07) is 6.45. The molecule has 1 saturated carbocycles. The van der Waals surface area contributed by atoms with Gasteiger partial charge < -0.3 is 15.4 Å². The summed E-state index contributed by atoms with van der Waals surface area (Å²) in [7, 11) is 0. The largest absolute Gasteiger partial charge is 0.454 e. The van der Waals surface area contributed by atoms with Gasteiger partial charge in [-0.05, 0) is 43.9 Å². The molecule has 0 unspecified atom stereocenters. The van der Waals surface area contributed by atoms with Gasteiger partial charge in [-0.15, -0.1) is 0 Å². The third-order valence-electron chi connectivity index (χ3n) is 3.98. The Balaban J connectivity index is 1.75. The number of nitriles is 1. The number of amides is 2. The van der Waals surface area contributed by atoms with Gasteiger partial charge >= 0.3 is 5.97 Å². The number of rotatable bonds is 6. The summed E-state index contributed by atoms with van der Waals surface area (Å²) >= 11 is 11.7. The molecule has 0 radical (unpaired) electrons. The van der Waals surface area contributed by atoms with Crippen LogP contribution in [0.1, 0.15) is 36.0 Å². The molecular weight excluding hydrogens is 381 g/mol. The van der Waals surface area contributed by atoms with E-state index >= 15 is 0 Å². The maximum atomic E-state index is 12.0. The van der Waals surface area contributed by atoms with Crippen molar-refractivity contribution in [2.24, 2.45) is 0 Å². The Kier molecular flexibility index (Phi) is 6.83. The average Bonchev–Trinajstić information content (AvgIpc) is 3.07. The van der Waals surface area contributed by atoms with Gasteiger partial charge in [0, 0.05) is 5.02 Å². The molecule has 0 saturated heterocycles. The number of benzene rings is 1. The summed E-state index contributed by atoms with van der Waals surface area (Å²) in [5.74, 6) is -1.90. The minimum absolute atomic E-state index is 0.154. The van der Waals surface area contributed by atoms with Crippen molar-refractivity contribution in [2.75, 3.05) is 13.2 Å². The number of esters is 1. The molecular formula is C17H17Cl2N3O4. The van der Waals surface area contributed by atoms with E-state index in [2.05, 4.69) is 16.7 Å². The van der Waals surface area contributed by atoms with Crippen LogP contribution in [0.25, 0.3) is 0 Å². The highest BCUT2D eigenvalue weighted by atomic mass is 35.5. The first-order chi connectivity index (χ1) is 12.3. The molecule has 0 aromatic heterocycles. The zero-order valence-corrected chi connectivity index (χ0v) is 15.3. The highest BCUT2D eigenvalue weighted by Crippen LogP contribution is 2.28. The van der Waals surface area contributed by atoms with E-state index in [4.69, 9.17) is 27.9 Å². The van der Waals surface area contributed by atoms with E-state index in [-0.39, 0.29) is 10.6 Å². The second-order valence-electron chi connectivity index (χ2n) is 5.92. The molecule has 1 fully saturated rings. The average molecular weight is 398 g/mol. The van der Waals surface area contributed by atoms with Crippen molar-refractivity contribution in [3.8, 4) is 6.07 Å². The number of carbonyl (C=O) groups excluding carboxylic acids is 3. The molecule has 0 atom stereocenters. The number of hydrogen-bond donors (Lipinski definition) is 2. The predicted octanol–water partition coefficient (Wildman–Crippen LogP) is 2.22. The molecule has 138 valence electrons. The van der Waals surface area contributed by atoms with Gasteiger partial charge in [-0.1, -0.05) is 23.2 Å². The van der Waals surface area contributed by atoms with Crippen molar-refractivity contribution >= 4 is 41.0 Å². The topological polar surface area (TPSA) is 108 Å². The van der Waals surface area contributed by atoms with Crippen LogP contribution in [0, 0.1) is 11.3 Å². The smallest absolute Gasteiger partial charge is 0.325 e. The Bertz CT molecular complexity index is 755. The molecule has 1 aliphatic carbocycles. The molecule has 0 aliphatic heterocycles. The molecule has 2 N–H and O–H groups in total. The Morgan fingerprint density at radius 1 is 1.23 bits per heavy atom. The molecule has 2 amide bonds. The zero-order chi connectivity index (χ0) is 19.2. The monoisotopic (exact) mass is 397 g/mol. The molecule has 1 aromatic carbocycles. The van der Waals surface area contributed by atoms with Crippen molar-refractivity contribution < 1.29 is 19.1 Å². The molecule has 0 spiro atoms. The van der Waals surface area contributed by atoms with Crippen LogP contribution in [-0.2, 0) is 14.3 Å². The number of ether oxygens (including phenoxy) is 1. The van der Waals surface area contributed by atoms with Gasteiger partial charge in [0.2, 0.25) is 0 Å². The number of nitrogens with one attached hydrogen (secondary N) is 2. The number of hydrogen-bond acceptors (Lipinski definition) is 5. The van der Waals surface area contributed by atoms with Crippen LogP contribution in [0.2, 0.25) is 10.0 Å². The van der Waals surface area contributed by atoms with E-state index in [0.717, 1.165) is 12.8 Å². The SMILES string of the molecule is N#CC1(NC(=O)COC(=O)CNC(=O)c2ccc(Cl)cc2Cl)CCCC1. The lowest BCUT2D eigenvalue weighted by Crippen LogP contribution is -2.47. The van der Waals surface area contributed by atoms with Crippen LogP contribution in [-0.4, -0.2) is 36.5 Å². The maximum absolute atomic E-state index is 12.0. The number of carbonyl (C=O) groups is 3. The first kappa shape index (κ1) is 20.0. The number of nitrogens with zero attached hydrogens (tertiary/aromatic N) is 1. The standard InChI is InChI=1S/C17H17Cl2N3O4/c18-11-3-4-12(13(19)7-11)16(25)21-8-15(24)26-9-14(23)22-17(10-20)5-1-2-6-17/h3-4,7H,1-2,5-6,8-9H2,(H,21,25)(H,22,23). The maximum Gasteiger partial charge on any atom is 0.325 e. The molecule has 26 heavy (non-hydrogen) atoms. The first-order valence-electron chi connectivity index (χ1n) is 7.96. The van der Waals surface area contributed by atoms with Gasteiger partial charge in [-0.25, -0.2) is 0 Å². The molecule has 0 heterocycles. The van der Waals surface area contributed by atoms with Crippen molar-refractivity contribution in [3.05, 3.63) is 33.8 Å². The summed E-state index contributed by atoms with van der Waals surface area (Å²) in [6.07, 6.45) is 2.90. The van der Waals surface area contributed by atoms with Gasteiger partial charge in [0.05, 0.1) is 16.7 Å². The second-order valence-corrected chi connectivity index (χ2v) is 6.76. The van der Waals surface area contributed by atoms with E-state index in [1.54, 1.807) is 0 Å². The Hall–Kier alpha value is -2.30. The lowest BCUT2D eigenvalue weighted by molar-refractivity contribution is -0.147. The van der Waals surface area contributed by atoms with Gasteiger partial charge in [0.15, 0.2) is 6.61 Å². The fourth-order valence-corrected chi connectivity index (χ4v) is 3.16. The fourth-order valence-electron chi connectivity index (χ4n) is 2.66. The van der Waals surface area contributed by atoms with E-state index < -0.39 is 36.5 Å². The van der Waals surface area contributed by atoms with Crippen LogP contribution in [0.3, 0.4) is 0 Å². The third-order valence-corrected chi connectivity index (χ3v) is 4.53. The van der Waals surface area contributed by atoms with Crippen LogP contribution in [0.5, 0.6) is 0 Å². The molecule has 9 heteroatoms. The summed E-state index contributed by atoms with van der Waals surface area (Å²) in [4.78, 5) is 35.5.